The zero-order valence-corrected chi connectivity index (χ0v) is 14.2. The first kappa shape index (κ1) is 17.7. The Kier molecular flexibility index (Phi) is 6.34. The Bertz CT molecular complexity index is 519. The van der Waals surface area contributed by atoms with Crippen molar-refractivity contribution in [3.05, 3.63) is 35.9 Å². The molecule has 1 fully saturated rings. The number of carbonyl (C=O) groups excluding carboxylic acids is 2. The summed E-state index contributed by atoms with van der Waals surface area (Å²) in [6.07, 6.45) is 2.58. The number of piperidine rings is 1. The van der Waals surface area contributed by atoms with Gasteiger partial charge in [0.2, 0.25) is 0 Å². The fourth-order valence-electron chi connectivity index (χ4n) is 3.49. The number of hydrogen-bond donors (Lipinski definition) is 0. The van der Waals surface area contributed by atoms with Crippen LogP contribution in [-0.4, -0.2) is 36.3 Å². The first-order valence-corrected chi connectivity index (χ1v) is 8.44. The molecule has 0 aliphatic carbocycles. The maximum atomic E-state index is 11.9. The largest absolute Gasteiger partial charge is 0.466 e. The van der Waals surface area contributed by atoms with E-state index >= 15 is 0 Å². The SMILES string of the molecule is CCOC(=O)CC1(CC(C)=O)CCN(Cc2ccccc2)CC1. The quantitative estimate of drug-likeness (QED) is 0.725. The summed E-state index contributed by atoms with van der Waals surface area (Å²) in [6.45, 7) is 6.59. The monoisotopic (exact) mass is 317 g/mol. The Morgan fingerprint density at radius 3 is 2.35 bits per heavy atom. The molecule has 1 aliphatic heterocycles. The van der Waals surface area contributed by atoms with E-state index in [1.54, 1.807) is 6.92 Å². The van der Waals surface area contributed by atoms with Crippen LogP contribution >= 0.6 is 0 Å². The van der Waals surface area contributed by atoms with Gasteiger partial charge in [-0.3, -0.25) is 9.69 Å². The van der Waals surface area contributed by atoms with Gasteiger partial charge in [0.25, 0.3) is 0 Å². The number of benzene rings is 1. The van der Waals surface area contributed by atoms with Crippen LogP contribution in [0.25, 0.3) is 0 Å². The van der Waals surface area contributed by atoms with Crippen molar-refractivity contribution < 1.29 is 14.3 Å². The topological polar surface area (TPSA) is 46.6 Å². The van der Waals surface area contributed by atoms with E-state index in [1.165, 1.54) is 5.56 Å². The van der Waals surface area contributed by atoms with Crippen LogP contribution in [-0.2, 0) is 20.9 Å². The molecule has 1 aromatic rings. The molecular weight excluding hydrogens is 290 g/mol. The van der Waals surface area contributed by atoms with Gasteiger partial charge in [-0.2, -0.15) is 0 Å². The zero-order valence-electron chi connectivity index (χ0n) is 14.2. The molecule has 0 unspecified atom stereocenters. The minimum atomic E-state index is -0.217. The highest BCUT2D eigenvalue weighted by atomic mass is 16.5. The first-order valence-electron chi connectivity index (χ1n) is 8.44. The molecule has 126 valence electrons. The van der Waals surface area contributed by atoms with Gasteiger partial charge in [0.1, 0.15) is 5.78 Å². The van der Waals surface area contributed by atoms with Gasteiger partial charge in [0, 0.05) is 13.0 Å². The molecule has 1 saturated heterocycles. The average molecular weight is 317 g/mol. The third-order valence-electron chi connectivity index (χ3n) is 4.61. The highest BCUT2D eigenvalue weighted by Gasteiger charge is 2.38. The maximum Gasteiger partial charge on any atom is 0.306 e. The van der Waals surface area contributed by atoms with Crippen molar-refractivity contribution in [1.82, 2.24) is 4.90 Å². The molecular formula is C19H27NO3. The zero-order chi connectivity index (χ0) is 16.7. The van der Waals surface area contributed by atoms with E-state index in [4.69, 9.17) is 4.74 Å². The molecule has 0 spiro atoms. The number of likely N-dealkylation sites (tertiary alicyclic amines) is 1. The lowest BCUT2D eigenvalue weighted by atomic mass is 9.72. The highest BCUT2D eigenvalue weighted by molar-refractivity contribution is 5.78. The van der Waals surface area contributed by atoms with Gasteiger partial charge >= 0.3 is 5.97 Å². The third-order valence-corrected chi connectivity index (χ3v) is 4.61. The Morgan fingerprint density at radius 2 is 1.78 bits per heavy atom. The number of nitrogens with zero attached hydrogens (tertiary/aromatic N) is 1. The van der Waals surface area contributed by atoms with E-state index in [-0.39, 0.29) is 17.2 Å². The van der Waals surface area contributed by atoms with Crippen LogP contribution in [0.1, 0.15) is 45.1 Å². The van der Waals surface area contributed by atoms with Gasteiger partial charge in [0.05, 0.1) is 13.0 Å². The summed E-state index contributed by atoms with van der Waals surface area (Å²) in [4.78, 5) is 26.0. The highest BCUT2D eigenvalue weighted by Crippen LogP contribution is 2.39. The predicted octanol–water partition coefficient (Wildman–Crippen LogP) is 3.20. The maximum absolute atomic E-state index is 11.9. The summed E-state index contributed by atoms with van der Waals surface area (Å²) >= 11 is 0. The molecule has 1 aromatic carbocycles. The normalized spacial score (nSPS) is 17.7. The smallest absolute Gasteiger partial charge is 0.306 e. The summed E-state index contributed by atoms with van der Waals surface area (Å²) in [6, 6.07) is 10.4. The molecule has 1 aliphatic rings. The summed E-state index contributed by atoms with van der Waals surface area (Å²) in [7, 11) is 0. The van der Waals surface area contributed by atoms with E-state index in [2.05, 4.69) is 29.2 Å². The minimum Gasteiger partial charge on any atom is -0.466 e. The van der Waals surface area contributed by atoms with Gasteiger partial charge in [-0.05, 0) is 50.8 Å². The van der Waals surface area contributed by atoms with Crippen molar-refractivity contribution in [3.63, 3.8) is 0 Å². The number of ether oxygens (including phenoxy) is 1. The van der Waals surface area contributed by atoms with Crippen molar-refractivity contribution in [2.24, 2.45) is 5.41 Å². The van der Waals surface area contributed by atoms with Crippen molar-refractivity contribution >= 4 is 11.8 Å². The van der Waals surface area contributed by atoms with E-state index in [9.17, 15) is 9.59 Å². The Hall–Kier alpha value is -1.68. The van der Waals surface area contributed by atoms with Crippen LogP contribution in [0.2, 0.25) is 0 Å². The van der Waals surface area contributed by atoms with Crippen molar-refractivity contribution in [1.29, 1.82) is 0 Å². The van der Waals surface area contributed by atoms with E-state index in [0.717, 1.165) is 32.5 Å². The van der Waals surface area contributed by atoms with Crippen molar-refractivity contribution in [2.45, 2.75) is 46.1 Å². The molecule has 0 saturated carbocycles. The second-order valence-electron chi connectivity index (χ2n) is 6.62. The van der Waals surface area contributed by atoms with Crippen LogP contribution in [0.3, 0.4) is 0 Å². The van der Waals surface area contributed by atoms with Crippen molar-refractivity contribution in [3.8, 4) is 0 Å². The van der Waals surface area contributed by atoms with Gasteiger partial charge < -0.3 is 9.53 Å². The summed E-state index contributed by atoms with van der Waals surface area (Å²) in [5.74, 6) is -0.0175. The fourth-order valence-corrected chi connectivity index (χ4v) is 3.49. The number of rotatable bonds is 7. The lowest BCUT2D eigenvalue weighted by Crippen LogP contribution is -2.42. The molecule has 0 N–H and O–H groups in total. The fraction of sp³-hybridized carbons (Fsp3) is 0.579. The second-order valence-corrected chi connectivity index (χ2v) is 6.62. The predicted molar refractivity (Wildman–Crippen MR) is 89.9 cm³/mol. The van der Waals surface area contributed by atoms with Crippen LogP contribution in [0.4, 0.5) is 0 Å². The Balaban J connectivity index is 1.95. The first-order chi connectivity index (χ1) is 11.0. The molecule has 2 rings (SSSR count). The molecule has 0 aromatic heterocycles. The molecule has 0 atom stereocenters. The Morgan fingerprint density at radius 1 is 1.13 bits per heavy atom. The molecule has 4 heteroatoms. The average Bonchev–Trinajstić information content (AvgIpc) is 2.50. The second kappa shape index (κ2) is 8.25. The molecule has 0 radical (unpaired) electrons. The van der Waals surface area contributed by atoms with Gasteiger partial charge in [-0.15, -0.1) is 0 Å². The number of Topliss-reactive ketones (excluding diaryl/α,β-unsaturated/α-hetero) is 1. The molecule has 23 heavy (non-hydrogen) atoms. The van der Waals surface area contributed by atoms with Crippen LogP contribution in [0, 0.1) is 5.41 Å². The van der Waals surface area contributed by atoms with Gasteiger partial charge in [0.15, 0.2) is 0 Å². The Labute approximate surface area is 138 Å². The number of hydrogen-bond acceptors (Lipinski definition) is 4. The van der Waals surface area contributed by atoms with E-state index < -0.39 is 0 Å². The summed E-state index contributed by atoms with van der Waals surface area (Å²) < 4.78 is 5.11. The standard InChI is InChI=1S/C19H27NO3/c1-3-23-18(22)14-19(13-16(2)21)9-11-20(12-10-19)15-17-7-5-4-6-8-17/h4-8H,3,9-15H2,1-2H3. The van der Waals surface area contributed by atoms with Crippen molar-refractivity contribution in [2.75, 3.05) is 19.7 Å². The molecule has 0 amide bonds. The molecule has 0 bridgehead atoms. The van der Waals surface area contributed by atoms with Crippen LogP contribution < -0.4 is 0 Å². The lowest BCUT2D eigenvalue weighted by molar-refractivity contribution is -0.147. The summed E-state index contributed by atoms with van der Waals surface area (Å²) in [5, 5.41) is 0. The molecule has 4 nitrogen and oxygen atoms in total. The van der Waals surface area contributed by atoms with Crippen LogP contribution in [0.5, 0.6) is 0 Å². The summed E-state index contributed by atoms with van der Waals surface area (Å²) in [5.41, 5.74) is 1.09. The number of ketones is 1. The van der Waals surface area contributed by atoms with Gasteiger partial charge in [-0.25, -0.2) is 0 Å². The molecule has 1 heterocycles. The van der Waals surface area contributed by atoms with Gasteiger partial charge in [-0.1, -0.05) is 30.3 Å². The number of esters is 1. The lowest BCUT2D eigenvalue weighted by Gasteiger charge is -2.41. The number of carbonyl (C=O) groups is 2. The third kappa shape index (κ3) is 5.47. The van der Waals surface area contributed by atoms with E-state index in [0.29, 0.717) is 19.4 Å². The minimum absolute atomic E-state index is 0.158. The van der Waals surface area contributed by atoms with E-state index in [1.807, 2.05) is 13.0 Å². The van der Waals surface area contributed by atoms with Crippen LogP contribution in [0.15, 0.2) is 30.3 Å².